The third kappa shape index (κ3) is 3.18. The number of hydrogen-bond acceptors (Lipinski definition) is 6. The Bertz CT molecular complexity index is 277. The van der Waals surface area contributed by atoms with Gasteiger partial charge < -0.3 is 0 Å². The molecule has 0 aliphatic carbocycles. The van der Waals surface area contributed by atoms with Crippen molar-refractivity contribution in [3.8, 4) is 0 Å². The Hall–Kier alpha value is -0.210. The number of nitrogens with two attached hydrogens (primary N) is 1. The molecule has 0 atom stereocenters. The number of nitrogens with zero attached hydrogens (tertiary/aromatic N) is 1. The molecule has 1 fully saturated rings. The molecule has 0 saturated carbocycles. The lowest BCUT2D eigenvalue weighted by atomic mass is 9.96. The lowest BCUT2D eigenvalue weighted by Crippen LogP contribution is -2.57. The van der Waals surface area contributed by atoms with E-state index in [1.54, 1.807) is 0 Å². The molecule has 84 valence electrons. The smallest absolute Gasteiger partial charge is 0.150 e. The van der Waals surface area contributed by atoms with Crippen molar-refractivity contribution < 1.29 is 13.3 Å². The Balaban J connectivity index is 2.53. The van der Waals surface area contributed by atoms with Crippen molar-refractivity contribution in [3.05, 3.63) is 0 Å². The van der Waals surface area contributed by atoms with E-state index >= 15 is 0 Å². The maximum atomic E-state index is 11.2. The molecular formula is C7H17N3O3S. The van der Waals surface area contributed by atoms with E-state index in [1.165, 1.54) is 7.11 Å². The highest BCUT2D eigenvalue weighted by atomic mass is 32.2. The normalized spacial score (nSPS) is 25.1. The molecule has 1 rings (SSSR count). The molecule has 0 bridgehead atoms. The second-order valence-corrected chi connectivity index (χ2v) is 6.14. The molecule has 14 heavy (non-hydrogen) atoms. The van der Waals surface area contributed by atoms with Crippen molar-refractivity contribution in [1.82, 2.24) is 10.7 Å². The van der Waals surface area contributed by atoms with Crippen LogP contribution in [0, 0.1) is 0 Å². The van der Waals surface area contributed by atoms with Crippen LogP contribution in [0.5, 0.6) is 0 Å². The predicted molar refractivity (Wildman–Crippen MR) is 52.5 cm³/mol. The fourth-order valence-electron chi connectivity index (χ4n) is 1.41. The van der Waals surface area contributed by atoms with Crippen molar-refractivity contribution in [2.45, 2.75) is 25.3 Å². The van der Waals surface area contributed by atoms with E-state index in [-0.39, 0.29) is 17.0 Å². The van der Waals surface area contributed by atoms with Crippen LogP contribution in [0.3, 0.4) is 0 Å². The summed E-state index contributed by atoms with van der Waals surface area (Å²) in [6.45, 7) is 1.93. The first-order chi connectivity index (χ1) is 6.37. The lowest BCUT2D eigenvalue weighted by molar-refractivity contribution is -0.193. The minimum atomic E-state index is -2.84. The molecule has 6 nitrogen and oxygen atoms in total. The molecule has 1 saturated heterocycles. The molecule has 1 heterocycles. The number of rotatable bonds is 3. The molecule has 0 radical (unpaired) electrons. The topological polar surface area (TPSA) is 84.7 Å². The summed E-state index contributed by atoms with van der Waals surface area (Å²) in [6.07, 6.45) is 1.10. The van der Waals surface area contributed by atoms with Gasteiger partial charge in [0.2, 0.25) is 0 Å². The van der Waals surface area contributed by atoms with Crippen LogP contribution in [0.25, 0.3) is 0 Å². The van der Waals surface area contributed by atoms with Crippen molar-refractivity contribution in [2.75, 3.05) is 18.6 Å². The third-order valence-corrected chi connectivity index (χ3v) is 4.16. The van der Waals surface area contributed by atoms with Gasteiger partial charge in [-0.15, -0.1) is 0 Å². The quantitative estimate of drug-likeness (QED) is 0.481. The Morgan fingerprint density at radius 3 is 2.36 bits per heavy atom. The zero-order chi connectivity index (χ0) is 10.8. The standard InChI is InChI=1S/C7H17N3O3S/c1-7(9-10(8)13-2)3-5-14(11,12)6-4-7/h9H,3-6,8H2,1-2H3. The Labute approximate surface area is 84.2 Å². The molecule has 0 aromatic carbocycles. The highest BCUT2D eigenvalue weighted by Gasteiger charge is 2.34. The molecule has 0 unspecified atom stereocenters. The Morgan fingerprint density at radius 2 is 1.93 bits per heavy atom. The third-order valence-electron chi connectivity index (χ3n) is 2.51. The van der Waals surface area contributed by atoms with Gasteiger partial charge >= 0.3 is 0 Å². The molecule has 0 spiro atoms. The van der Waals surface area contributed by atoms with Crippen LogP contribution in [0.15, 0.2) is 0 Å². The molecule has 0 aromatic heterocycles. The average Bonchev–Trinajstić information content (AvgIpc) is 2.11. The molecular weight excluding hydrogens is 206 g/mol. The maximum absolute atomic E-state index is 11.2. The summed E-state index contributed by atoms with van der Waals surface area (Å²) in [5.41, 5.74) is 2.61. The van der Waals surface area contributed by atoms with Crippen LogP contribution in [-0.4, -0.2) is 37.9 Å². The van der Waals surface area contributed by atoms with E-state index in [0.29, 0.717) is 12.8 Å². The summed E-state index contributed by atoms with van der Waals surface area (Å²) in [5, 5.41) is 1.01. The summed E-state index contributed by atoms with van der Waals surface area (Å²) >= 11 is 0. The lowest BCUT2D eigenvalue weighted by Gasteiger charge is -2.36. The first-order valence-corrected chi connectivity index (χ1v) is 6.26. The van der Waals surface area contributed by atoms with E-state index in [9.17, 15) is 8.42 Å². The van der Waals surface area contributed by atoms with Gasteiger partial charge in [0.05, 0.1) is 18.6 Å². The Kier molecular flexibility index (Phi) is 3.49. The predicted octanol–water partition coefficient (Wildman–Crippen LogP) is -0.805. The van der Waals surface area contributed by atoms with Crippen molar-refractivity contribution in [2.24, 2.45) is 5.84 Å². The van der Waals surface area contributed by atoms with Crippen LogP contribution in [-0.2, 0) is 14.7 Å². The molecule has 3 N–H and O–H groups in total. The van der Waals surface area contributed by atoms with Crippen LogP contribution in [0.4, 0.5) is 0 Å². The second-order valence-electron chi connectivity index (χ2n) is 3.83. The first-order valence-electron chi connectivity index (χ1n) is 4.44. The van der Waals surface area contributed by atoms with Gasteiger partial charge in [0.25, 0.3) is 0 Å². The van der Waals surface area contributed by atoms with Crippen molar-refractivity contribution in [1.29, 1.82) is 0 Å². The molecule has 7 heteroatoms. The molecule has 0 amide bonds. The molecule has 0 aromatic rings. The monoisotopic (exact) mass is 223 g/mol. The number of hydrazine groups is 2. The van der Waals surface area contributed by atoms with Gasteiger partial charge in [-0.05, 0) is 19.8 Å². The van der Waals surface area contributed by atoms with E-state index in [4.69, 9.17) is 10.7 Å². The van der Waals surface area contributed by atoms with Crippen LogP contribution in [0.2, 0.25) is 0 Å². The summed E-state index contributed by atoms with van der Waals surface area (Å²) in [6, 6.07) is 0. The van der Waals surface area contributed by atoms with Crippen LogP contribution >= 0.6 is 0 Å². The highest BCUT2D eigenvalue weighted by molar-refractivity contribution is 7.91. The van der Waals surface area contributed by atoms with E-state index in [2.05, 4.69) is 5.43 Å². The zero-order valence-electron chi connectivity index (χ0n) is 8.49. The summed E-state index contributed by atoms with van der Waals surface area (Å²) in [4.78, 5) is 4.72. The maximum Gasteiger partial charge on any atom is 0.150 e. The van der Waals surface area contributed by atoms with Gasteiger partial charge in [-0.3, -0.25) is 4.84 Å². The van der Waals surface area contributed by atoms with Gasteiger partial charge in [-0.2, -0.15) is 0 Å². The highest BCUT2D eigenvalue weighted by Crippen LogP contribution is 2.22. The minimum Gasteiger partial charge on any atom is -0.273 e. The summed E-state index contributed by atoms with van der Waals surface area (Å²) < 4.78 is 22.4. The van der Waals surface area contributed by atoms with E-state index in [1.807, 2.05) is 6.92 Å². The van der Waals surface area contributed by atoms with Crippen molar-refractivity contribution in [3.63, 3.8) is 0 Å². The van der Waals surface area contributed by atoms with E-state index in [0.717, 1.165) is 5.28 Å². The minimum absolute atomic E-state index is 0.202. The molecule has 1 aliphatic rings. The Morgan fingerprint density at radius 1 is 1.43 bits per heavy atom. The van der Waals surface area contributed by atoms with Gasteiger partial charge in [-0.25, -0.2) is 19.7 Å². The number of nitrogens with one attached hydrogen (secondary N) is 1. The van der Waals surface area contributed by atoms with Crippen LogP contribution in [0.1, 0.15) is 19.8 Å². The van der Waals surface area contributed by atoms with Crippen LogP contribution < -0.4 is 11.3 Å². The number of sulfone groups is 1. The van der Waals surface area contributed by atoms with Gasteiger partial charge in [-0.1, -0.05) is 5.28 Å². The second kappa shape index (κ2) is 4.11. The zero-order valence-corrected chi connectivity index (χ0v) is 9.30. The summed E-state index contributed by atoms with van der Waals surface area (Å²) in [5.74, 6) is 5.81. The average molecular weight is 223 g/mol. The number of hydrogen-bond donors (Lipinski definition) is 2. The molecule has 1 aliphatic heterocycles. The SMILES string of the molecule is CON(N)NC1(C)CCS(=O)(=O)CC1. The van der Waals surface area contributed by atoms with Gasteiger partial charge in [0.1, 0.15) is 9.84 Å². The van der Waals surface area contributed by atoms with E-state index < -0.39 is 9.84 Å². The van der Waals surface area contributed by atoms with Gasteiger partial charge in [0, 0.05) is 5.54 Å². The fraction of sp³-hybridized carbons (Fsp3) is 1.00. The summed E-state index contributed by atoms with van der Waals surface area (Å²) in [7, 11) is -1.40. The first kappa shape index (κ1) is 11.9. The largest absolute Gasteiger partial charge is 0.273 e. The fourth-order valence-corrected chi connectivity index (χ4v) is 3.14. The van der Waals surface area contributed by atoms with Crippen molar-refractivity contribution >= 4 is 9.84 Å². The van der Waals surface area contributed by atoms with Gasteiger partial charge in [0.15, 0.2) is 0 Å².